The largest absolute Gasteiger partial charge is 0.573 e. The van der Waals surface area contributed by atoms with Crippen molar-refractivity contribution >= 4 is 16.9 Å². The molecule has 0 unspecified atom stereocenters. The van der Waals surface area contributed by atoms with Gasteiger partial charge in [0.25, 0.3) is 0 Å². The fourth-order valence-electron chi connectivity index (χ4n) is 3.10. The molecule has 0 spiro atoms. The first-order chi connectivity index (χ1) is 15.0. The zero-order valence-electron chi connectivity index (χ0n) is 17.0. The lowest BCUT2D eigenvalue weighted by molar-refractivity contribution is -0.274. The van der Waals surface area contributed by atoms with Crippen molar-refractivity contribution < 1.29 is 23.0 Å². The zero-order chi connectivity index (χ0) is 23.1. The number of ether oxygens (including phenoxy) is 1. The summed E-state index contributed by atoms with van der Waals surface area (Å²) < 4.78 is 43.8. The minimum absolute atomic E-state index is 0.0959. The molecule has 0 amide bonds. The maximum absolute atomic E-state index is 12.8. The summed E-state index contributed by atoms with van der Waals surface area (Å²) in [7, 11) is 0. The molecule has 4 rings (SSSR count). The lowest BCUT2D eigenvalue weighted by Crippen LogP contribution is -2.18. The molecule has 32 heavy (non-hydrogen) atoms. The van der Waals surface area contributed by atoms with E-state index in [1.54, 1.807) is 44.3 Å². The van der Waals surface area contributed by atoms with Gasteiger partial charge in [-0.25, -0.2) is 14.6 Å². The van der Waals surface area contributed by atoms with Crippen LogP contribution in [0.5, 0.6) is 5.75 Å². The van der Waals surface area contributed by atoms with Crippen LogP contribution in [0.3, 0.4) is 0 Å². The van der Waals surface area contributed by atoms with Crippen molar-refractivity contribution in [3.8, 4) is 17.1 Å². The van der Waals surface area contributed by atoms with Crippen LogP contribution in [-0.2, 0) is 12.1 Å². The highest BCUT2D eigenvalue weighted by Crippen LogP contribution is 2.33. The molecular weight excluding hydrogens is 427 g/mol. The monoisotopic (exact) mass is 445 g/mol. The summed E-state index contributed by atoms with van der Waals surface area (Å²) in [6.07, 6.45) is -3.32. The van der Waals surface area contributed by atoms with Crippen LogP contribution < -0.4 is 10.5 Å². The first-order valence-corrected chi connectivity index (χ1v) is 9.41. The third-order valence-electron chi connectivity index (χ3n) is 4.47. The number of aliphatic hydroxyl groups is 1. The van der Waals surface area contributed by atoms with Crippen molar-refractivity contribution in [2.75, 3.05) is 5.73 Å². The Morgan fingerprint density at radius 3 is 2.53 bits per heavy atom. The molecule has 3 heterocycles. The van der Waals surface area contributed by atoms with Gasteiger partial charge in [-0.1, -0.05) is 23.4 Å². The predicted molar refractivity (Wildman–Crippen MR) is 108 cm³/mol. The third kappa shape index (κ3) is 4.59. The highest BCUT2D eigenvalue weighted by Gasteiger charge is 2.32. The van der Waals surface area contributed by atoms with Gasteiger partial charge < -0.3 is 15.6 Å². The van der Waals surface area contributed by atoms with E-state index in [0.29, 0.717) is 11.4 Å². The number of anilines is 1. The molecule has 9 nitrogen and oxygen atoms in total. The molecule has 1 aromatic carbocycles. The average Bonchev–Trinajstić information content (AvgIpc) is 3.15. The number of hydrogen-bond donors (Lipinski definition) is 2. The number of pyridine rings is 1. The Bertz CT molecular complexity index is 1280. The lowest BCUT2D eigenvalue weighted by Gasteiger charge is -2.17. The van der Waals surface area contributed by atoms with Crippen LogP contribution in [0.4, 0.5) is 19.1 Å². The number of para-hydroxylation sites is 1. The van der Waals surface area contributed by atoms with E-state index in [1.807, 2.05) is 0 Å². The van der Waals surface area contributed by atoms with Gasteiger partial charge in [-0.2, -0.15) is 0 Å². The van der Waals surface area contributed by atoms with Crippen molar-refractivity contribution in [2.24, 2.45) is 0 Å². The van der Waals surface area contributed by atoms with E-state index >= 15 is 0 Å². The van der Waals surface area contributed by atoms with Gasteiger partial charge in [0.05, 0.1) is 24.1 Å². The van der Waals surface area contributed by atoms with Crippen LogP contribution in [0.15, 0.2) is 42.6 Å². The topological polar surface area (TPSA) is 125 Å². The Morgan fingerprint density at radius 1 is 1.06 bits per heavy atom. The first kappa shape index (κ1) is 21.4. The van der Waals surface area contributed by atoms with Crippen LogP contribution in [0.1, 0.15) is 25.2 Å². The highest BCUT2D eigenvalue weighted by atomic mass is 19.4. The summed E-state index contributed by atoms with van der Waals surface area (Å²) in [5.41, 5.74) is 6.17. The standard InChI is InChI=1S/C20H18F3N7O2/c1-19(2,31)15-8-3-5-11(25-15)9-30-10-13(28-29-30)16-12-6-4-7-14(32-20(21,22)23)17(12)27-18(24)26-16/h3-8,10,31H,9H2,1-2H3,(H2,24,26,27). The average molecular weight is 445 g/mol. The van der Waals surface area contributed by atoms with Gasteiger partial charge in [0.2, 0.25) is 5.95 Å². The van der Waals surface area contributed by atoms with E-state index in [2.05, 4.69) is 30.0 Å². The Balaban J connectivity index is 1.70. The van der Waals surface area contributed by atoms with Gasteiger partial charge >= 0.3 is 6.36 Å². The van der Waals surface area contributed by atoms with Crippen molar-refractivity contribution in [3.63, 3.8) is 0 Å². The second-order valence-corrected chi connectivity index (χ2v) is 7.51. The number of nitrogens with zero attached hydrogens (tertiary/aromatic N) is 6. The normalized spacial score (nSPS) is 12.3. The van der Waals surface area contributed by atoms with Crippen LogP contribution in [0, 0.1) is 0 Å². The number of benzene rings is 1. The van der Waals surface area contributed by atoms with Crippen molar-refractivity contribution in [1.29, 1.82) is 0 Å². The fourth-order valence-corrected chi connectivity index (χ4v) is 3.10. The minimum atomic E-state index is -4.89. The Kier molecular flexibility index (Phi) is 5.17. The second kappa shape index (κ2) is 7.71. The SMILES string of the molecule is CC(C)(O)c1cccc(Cn2cc(-c3nc(N)nc4c(OC(F)(F)F)cccc34)nn2)n1. The summed E-state index contributed by atoms with van der Waals surface area (Å²) in [6.45, 7) is 3.51. The number of nitrogens with two attached hydrogens (primary N) is 1. The van der Waals surface area contributed by atoms with E-state index < -0.39 is 17.7 Å². The number of alkyl halides is 3. The van der Waals surface area contributed by atoms with E-state index in [9.17, 15) is 18.3 Å². The molecule has 0 radical (unpaired) electrons. The molecule has 3 aromatic heterocycles. The number of nitrogen functional groups attached to an aromatic ring is 1. The van der Waals surface area contributed by atoms with Crippen LogP contribution in [0.25, 0.3) is 22.3 Å². The van der Waals surface area contributed by atoms with Gasteiger partial charge in [0.1, 0.15) is 22.5 Å². The third-order valence-corrected chi connectivity index (χ3v) is 4.47. The van der Waals surface area contributed by atoms with Crippen molar-refractivity contribution in [2.45, 2.75) is 32.4 Å². The van der Waals surface area contributed by atoms with Crippen molar-refractivity contribution in [3.05, 3.63) is 54.0 Å². The molecule has 4 aromatic rings. The number of aromatic nitrogens is 6. The summed E-state index contributed by atoms with van der Waals surface area (Å²) in [5, 5.41) is 18.5. The zero-order valence-corrected chi connectivity index (χ0v) is 17.0. The first-order valence-electron chi connectivity index (χ1n) is 9.41. The lowest BCUT2D eigenvalue weighted by atomic mass is 10.0. The number of fused-ring (bicyclic) bond motifs is 1. The van der Waals surface area contributed by atoms with Gasteiger partial charge in [-0.15, -0.1) is 18.3 Å². The summed E-state index contributed by atoms with van der Waals surface area (Å²) in [5.74, 6) is -0.731. The smallest absolute Gasteiger partial charge is 0.403 e. The Labute approximate surface area is 179 Å². The van der Waals surface area contributed by atoms with Gasteiger partial charge in [0, 0.05) is 5.39 Å². The quantitative estimate of drug-likeness (QED) is 0.480. The molecule has 0 atom stereocenters. The predicted octanol–water partition coefficient (Wildman–Crippen LogP) is 3.04. The maximum Gasteiger partial charge on any atom is 0.573 e. The van der Waals surface area contributed by atoms with Gasteiger partial charge in [-0.05, 0) is 32.0 Å². The molecule has 3 N–H and O–H groups in total. The summed E-state index contributed by atoms with van der Waals surface area (Å²) in [6, 6.07) is 9.34. The molecular formula is C20H18F3N7O2. The number of rotatable bonds is 5. The van der Waals surface area contributed by atoms with Crippen LogP contribution in [-0.4, -0.2) is 41.4 Å². The summed E-state index contributed by atoms with van der Waals surface area (Å²) >= 11 is 0. The molecule has 0 fully saturated rings. The van der Waals surface area contributed by atoms with Crippen molar-refractivity contribution in [1.82, 2.24) is 29.9 Å². The summed E-state index contributed by atoms with van der Waals surface area (Å²) in [4.78, 5) is 12.5. The van der Waals surface area contributed by atoms with Crippen LogP contribution in [0.2, 0.25) is 0 Å². The van der Waals surface area contributed by atoms with Gasteiger partial charge in [0.15, 0.2) is 5.75 Å². The molecule has 0 aliphatic heterocycles. The minimum Gasteiger partial charge on any atom is -0.403 e. The van der Waals surface area contributed by atoms with E-state index in [-0.39, 0.29) is 34.8 Å². The number of hydrogen-bond acceptors (Lipinski definition) is 8. The van der Waals surface area contributed by atoms with E-state index in [1.165, 1.54) is 10.7 Å². The van der Waals surface area contributed by atoms with E-state index in [4.69, 9.17) is 5.73 Å². The van der Waals surface area contributed by atoms with Gasteiger partial charge in [-0.3, -0.25) is 4.98 Å². The molecule has 12 heteroatoms. The Hall–Kier alpha value is -3.80. The Morgan fingerprint density at radius 2 is 1.81 bits per heavy atom. The second-order valence-electron chi connectivity index (χ2n) is 7.51. The molecule has 0 bridgehead atoms. The molecule has 0 aliphatic carbocycles. The highest BCUT2D eigenvalue weighted by molar-refractivity contribution is 5.95. The molecule has 0 saturated carbocycles. The van der Waals surface area contributed by atoms with E-state index in [0.717, 1.165) is 6.07 Å². The fraction of sp³-hybridized carbons (Fsp3) is 0.250. The molecule has 0 aliphatic rings. The maximum atomic E-state index is 12.8. The molecule has 166 valence electrons. The molecule has 0 saturated heterocycles. The number of halogens is 3. The van der Waals surface area contributed by atoms with Crippen LogP contribution >= 0.6 is 0 Å².